The van der Waals surface area contributed by atoms with Crippen molar-refractivity contribution in [3.8, 4) is 0 Å². The minimum atomic E-state index is 0.0291. The largest absolute Gasteiger partial charge is 0.381 e. The van der Waals surface area contributed by atoms with Gasteiger partial charge in [0.15, 0.2) is 0 Å². The maximum Gasteiger partial charge on any atom is 0.0847 e. The molecule has 1 fully saturated rings. The van der Waals surface area contributed by atoms with E-state index in [1.54, 1.807) is 0 Å². The summed E-state index contributed by atoms with van der Waals surface area (Å²) in [6.07, 6.45) is 3.04. The summed E-state index contributed by atoms with van der Waals surface area (Å²) in [5, 5.41) is 5.25. The number of rotatable bonds is 4. The Hall–Kier alpha value is -0.580. The van der Waals surface area contributed by atoms with Gasteiger partial charge in [-0.25, -0.2) is 0 Å². The van der Waals surface area contributed by atoms with Crippen molar-refractivity contribution < 1.29 is 4.74 Å². The summed E-state index contributed by atoms with van der Waals surface area (Å²) in [4.78, 5) is 0. The van der Waals surface area contributed by atoms with Gasteiger partial charge in [-0.3, -0.25) is 4.68 Å². The van der Waals surface area contributed by atoms with Crippen LogP contribution < -0.4 is 5.73 Å². The van der Waals surface area contributed by atoms with Gasteiger partial charge in [0, 0.05) is 25.1 Å². The van der Waals surface area contributed by atoms with Crippen molar-refractivity contribution in [2.24, 2.45) is 11.1 Å². The Kier molecular flexibility index (Phi) is 4.30. The second kappa shape index (κ2) is 5.59. The van der Waals surface area contributed by atoms with Crippen LogP contribution in [0.3, 0.4) is 0 Å². The fourth-order valence-electron chi connectivity index (χ4n) is 2.68. The molecule has 18 heavy (non-hydrogen) atoms. The first-order valence-corrected chi connectivity index (χ1v) is 6.99. The minimum Gasteiger partial charge on any atom is -0.381 e. The van der Waals surface area contributed by atoms with Crippen molar-refractivity contribution in [2.45, 2.75) is 39.7 Å². The normalized spacial score (nSPS) is 24.4. The molecule has 0 aromatic carbocycles. The van der Waals surface area contributed by atoms with Crippen LogP contribution in [0.15, 0.2) is 0 Å². The lowest BCUT2D eigenvalue weighted by Gasteiger charge is -2.36. The summed E-state index contributed by atoms with van der Waals surface area (Å²) in [6.45, 7) is 7.08. The average molecular weight is 272 g/mol. The molecule has 5 heteroatoms. The topological polar surface area (TPSA) is 53.1 Å². The van der Waals surface area contributed by atoms with E-state index in [-0.39, 0.29) is 5.41 Å². The fraction of sp³-hybridized carbons (Fsp3) is 0.769. The van der Waals surface area contributed by atoms with Crippen molar-refractivity contribution in [3.05, 3.63) is 16.4 Å². The first-order chi connectivity index (χ1) is 8.62. The second-order valence-corrected chi connectivity index (χ2v) is 5.58. The zero-order chi connectivity index (χ0) is 13.2. The van der Waals surface area contributed by atoms with Crippen LogP contribution in [-0.4, -0.2) is 29.5 Å². The van der Waals surface area contributed by atoms with Gasteiger partial charge in [0.2, 0.25) is 0 Å². The predicted molar refractivity (Wildman–Crippen MR) is 72.9 cm³/mol. The zero-order valence-electron chi connectivity index (χ0n) is 11.2. The summed E-state index contributed by atoms with van der Waals surface area (Å²) in [6, 6.07) is 0. The highest BCUT2D eigenvalue weighted by Crippen LogP contribution is 2.34. The van der Waals surface area contributed by atoms with Gasteiger partial charge >= 0.3 is 0 Å². The van der Waals surface area contributed by atoms with E-state index in [0.717, 1.165) is 55.4 Å². The van der Waals surface area contributed by atoms with E-state index in [9.17, 15) is 0 Å². The fourth-order valence-corrected chi connectivity index (χ4v) is 2.88. The highest BCUT2D eigenvalue weighted by Gasteiger charge is 2.34. The number of ether oxygens (including phenoxy) is 1. The van der Waals surface area contributed by atoms with Gasteiger partial charge in [-0.1, -0.05) is 11.6 Å². The van der Waals surface area contributed by atoms with E-state index in [4.69, 9.17) is 22.1 Å². The van der Waals surface area contributed by atoms with Crippen LogP contribution in [0.4, 0.5) is 0 Å². The van der Waals surface area contributed by atoms with E-state index in [0.29, 0.717) is 6.54 Å². The standard InChI is InChI=1S/C13H22ClN3O/c1-3-17-11(12(14)10(2)16-17)7-13(8-15)5-4-6-18-9-13/h3-9,15H2,1-2H3. The number of halogens is 1. The molecular formula is C13H22ClN3O. The summed E-state index contributed by atoms with van der Waals surface area (Å²) >= 11 is 6.37. The smallest absolute Gasteiger partial charge is 0.0847 e. The van der Waals surface area contributed by atoms with E-state index in [1.165, 1.54) is 0 Å². The Morgan fingerprint density at radius 3 is 2.89 bits per heavy atom. The van der Waals surface area contributed by atoms with Gasteiger partial charge in [0.1, 0.15) is 0 Å². The highest BCUT2D eigenvalue weighted by molar-refractivity contribution is 6.31. The molecule has 102 valence electrons. The Labute approximate surface area is 113 Å². The monoisotopic (exact) mass is 271 g/mol. The molecule has 4 nitrogen and oxygen atoms in total. The van der Waals surface area contributed by atoms with Crippen LogP contribution in [0.2, 0.25) is 5.02 Å². The molecule has 2 rings (SSSR count). The molecule has 1 aliphatic heterocycles. The maximum absolute atomic E-state index is 6.37. The third-order valence-corrected chi connectivity index (χ3v) is 4.32. The molecule has 0 bridgehead atoms. The van der Waals surface area contributed by atoms with Crippen molar-refractivity contribution in [3.63, 3.8) is 0 Å². The summed E-state index contributed by atoms with van der Waals surface area (Å²) < 4.78 is 7.61. The third-order valence-electron chi connectivity index (χ3n) is 3.83. The Morgan fingerprint density at radius 2 is 2.33 bits per heavy atom. The van der Waals surface area contributed by atoms with Crippen molar-refractivity contribution >= 4 is 11.6 Å². The van der Waals surface area contributed by atoms with Gasteiger partial charge in [-0.15, -0.1) is 0 Å². The number of hydrogen-bond donors (Lipinski definition) is 1. The van der Waals surface area contributed by atoms with Crippen LogP contribution in [0.5, 0.6) is 0 Å². The van der Waals surface area contributed by atoms with Crippen LogP contribution >= 0.6 is 11.6 Å². The van der Waals surface area contributed by atoms with Gasteiger partial charge < -0.3 is 10.5 Å². The lowest BCUT2D eigenvalue weighted by atomic mass is 9.78. The third kappa shape index (κ3) is 2.56. The van der Waals surface area contributed by atoms with Crippen LogP contribution in [-0.2, 0) is 17.7 Å². The molecule has 1 unspecified atom stereocenters. The second-order valence-electron chi connectivity index (χ2n) is 5.20. The van der Waals surface area contributed by atoms with Gasteiger partial charge in [0.05, 0.1) is 23.0 Å². The van der Waals surface area contributed by atoms with E-state index in [2.05, 4.69) is 12.0 Å². The van der Waals surface area contributed by atoms with Gasteiger partial charge in [-0.2, -0.15) is 5.10 Å². The Balaban J connectivity index is 2.26. The molecule has 0 amide bonds. The molecule has 2 heterocycles. The molecule has 1 aromatic rings. The molecule has 0 radical (unpaired) electrons. The van der Waals surface area contributed by atoms with E-state index in [1.807, 2.05) is 11.6 Å². The van der Waals surface area contributed by atoms with Gasteiger partial charge in [-0.05, 0) is 33.1 Å². The van der Waals surface area contributed by atoms with Crippen molar-refractivity contribution in [2.75, 3.05) is 19.8 Å². The number of aryl methyl sites for hydroxylation is 2. The molecule has 1 saturated heterocycles. The molecule has 0 aliphatic carbocycles. The Bertz CT molecular complexity index is 411. The minimum absolute atomic E-state index is 0.0291. The molecule has 1 aliphatic rings. The summed E-state index contributed by atoms with van der Waals surface area (Å²) in [5.41, 5.74) is 8.02. The van der Waals surface area contributed by atoms with Crippen LogP contribution in [0.25, 0.3) is 0 Å². The van der Waals surface area contributed by atoms with E-state index >= 15 is 0 Å². The first-order valence-electron chi connectivity index (χ1n) is 6.61. The summed E-state index contributed by atoms with van der Waals surface area (Å²) in [7, 11) is 0. The Morgan fingerprint density at radius 1 is 1.56 bits per heavy atom. The van der Waals surface area contributed by atoms with Crippen LogP contribution in [0, 0.1) is 12.3 Å². The molecule has 0 spiro atoms. The number of aromatic nitrogens is 2. The average Bonchev–Trinajstić information content (AvgIpc) is 2.67. The number of hydrogen-bond acceptors (Lipinski definition) is 3. The molecule has 2 N–H and O–H groups in total. The van der Waals surface area contributed by atoms with Gasteiger partial charge in [0.25, 0.3) is 0 Å². The lowest BCUT2D eigenvalue weighted by Crippen LogP contribution is -2.41. The van der Waals surface area contributed by atoms with Crippen molar-refractivity contribution in [1.29, 1.82) is 0 Å². The quantitative estimate of drug-likeness (QED) is 0.913. The predicted octanol–water partition coefficient (Wildman–Crippen LogP) is 2.16. The number of nitrogens with zero attached hydrogens (tertiary/aromatic N) is 2. The molecule has 1 aromatic heterocycles. The highest BCUT2D eigenvalue weighted by atomic mass is 35.5. The molecule has 0 saturated carbocycles. The van der Waals surface area contributed by atoms with E-state index < -0.39 is 0 Å². The zero-order valence-corrected chi connectivity index (χ0v) is 12.0. The summed E-state index contributed by atoms with van der Waals surface area (Å²) in [5.74, 6) is 0. The number of nitrogens with two attached hydrogens (primary N) is 1. The van der Waals surface area contributed by atoms with Crippen molar-refractivity contribution in [1.82, 2.24) is 9.78 Å². The molecular weight excluding hydrogens is 250 g/mol. The maximum atomic E-state index is 6.37. The lowest BCUT2D eigenvalue weighted by molar-refractivity contribution is -0.00360. The first kappa shape index (κ1) is 13.8. The molecule has 1 atom stereocenters. The SMILES string of the molecule is CCn1nc(C)c(Cl)c1CC1(CN)CCCOC1. The van der Waals surface area contributed by atoms with Crippen LogP contribution in [0.1, 0.15) is 31.2 Å².